The quantitative estimate of drug-likeness (QED) is 0.602. The van der Waals surface area contributed by atoms with Crippen molar-refractivity contribution < 1.29 is 9.47 Å². The molecule has 0 atom stereocenters. The molecule has 0 radical (unpaired) electrons. The molecular formula is C13H12ClNO2. The summed E-state index contributed by atoms with van der Waals surface area (Å²) in [7, 11) is 0. The first-order chi connectivity index (χ1) is 8.34. The van der Waals surface area contributed by atoms with Crippen molar-refractivity contribution in [3.05, 3.63) is 53.8 Å². The zero-order valence-corrected chi connectivity index (χ0v) is 9.93. The SMILES string of the molecule is Clc1cc(OCCOc2ccccc2)ccn1. The first kappa shape index (κ1) is 11.7. The minimum atomic E-state index is 0.423. The lowest BCUT2D eigenvalue weighted by Crippen LogP contribution is -2.08. The molecule has 0 aliphatic rings. The van der Waals surface area contributed by atoms with Crippen LogP contribution in [0.2, 0.25) is 5.15 Å². The van der Waals surface area contributed by atoms with E-state index in [-0.39, 0.29) is 0 Å². The maximum Gasteiger partial charge on any atom is 0.132 e. The summed E-state index contributed by atoms with van der Waals surface area (Å²) in [5.41, 5.74) is 0. The Morgan fingerprint density at radius 1 is 0.941 bits per heavy atom. The zero-order chi connectivity index (χ0) is 11.9. The predicted octanol–water partition coefficient (Wildman–Crippen LogP) is 3.19. The van der Waals surface area contributed by atoms with Gasteiger partial charge >= 0.3 is 0 Å². The predicted molar refractivity (Wildman–Crippen MR) is 66.7 cm³/mol. The molecule has 0 amide bonds. The van der Waals surface area contributed by atoms with Gasteiger partial charge in [-0.05, 0) is 18.2 Å². The van der Waals surface area contributed by atoms with Crippen LogP contribution in [0.1, 0.15) is 0 Å². The molecule has 1 aromatic carbocycles. The minimum Gasteiger partial charge on any atom is -0.490 e. The van der Waals surface area contributed by atoms with Gasteiger partial charge in [-0.1, -0.05) is 29.8 Å². The molecule has 0 aliphatic carbocycles. The Labute approximate surface area is 105 Å². The van der Waals surface area contributed by atoms with Crippen molar-refractivity contribution in [2.75, 3.05) is 13.2 Å². The van der Waals surface area contributed by atoms with Gasteiger partial charge in [-0.15, -0.1) is 0 Å². The molecule has 0 saturated carbocycles. The van der Waals surface area contributed by atoms with Crippen molar-refractivity contribution in [1.29, 1.82) is 0 Å². The van der Waals surface area contributed by atoms with Gasteiger partial charge in [-0.2, -0.15) is 0 Å². The van der Waals surface area contributed by atoms with E-state index in [2.05, 4.69) is 4.98 Å². The Kier molecular flexibility index (Phi) is 4.22. The van der Waals surface area contributed by atoms with Gasteiger partial charge in [0.2, 0.25) is 0 Å². The van der Waals surface area contributed by atoms with E-state index in [4.69, 9.17) is 21.1 Å². The largest absolute Gasteiger partial charge is 0.490 e. The van der Waals surface area contributed by atoms with Crippen LogP contribution >= 0.6 is 11.6 Å². The molecule has 2 rings (SSSR count). The molecule has 3 nitrogen and oxygen atoms in total. The average molecular weight is 250 g/mol. The highest BCUT2D eigenvalue weighted by atomic mass is 35.5. The third kappa shape index (κ3) is 3.96. The smallest absolute Gasteiger partial charge is 0.132 e. The van der Waals surface area contributed by atoms with Crippen molar-refractivity contribution in [3.8, 4) is 11.5 Å². The third-order valence-electron chi connectivity index (χ3n) is 2.06. The summed E-state index contributed by atoms with van der Waals surface area (Å²) in [4.78, 5) is 3.87. The van der Waals surface area contributed by atoms with Crippen LogP contribution in [0.5, 0.6) is 11.5 Å². The van der Waals surface area contributed by atoms with Crippen LogP contribution in [0.4, 0.5) is 0 Å². The summed E-state index contributed by atoms with van der Waals surface area (Å²) in [5, 5.41) is 0.423. The van der Waals surface area contributed by atoms with Crippen LogP contribution in [0.15, 0.2) is 48.7 Å². The van der Waals surface area contributed by atoms with Crippen LogP contribution in [0.25, 0.3) is 0 Å². The van der Waals surface area contributed by atoms with E-state index in [0.29, 0.717) is 24.1 Å². The molecule has 0 saturated heterocycles. The number of ether oxygens (including phenoxy) is 2. The highest BCUT2D eigenvalue weighted by molar-refractivity contribution is 6.29. The van der Waals surface area contributed by atoms with E-state index < -0.39 is 0 Å². The standard InChI is InChI=1S/C13H12ClNO2/c14-13-10-12(6-7-15-13)17-9-8-16-11-4-2-1-3-5-11/h1-7,10H,8-9H2. The summed E-state index contributed by atoms with van der Waals surface area (Å²) in [6.07, 6.45) is 1.61. The fraction of sp³-hybridized carbons (Fsp3) is 0.154. The topological polar surface area (TPSA) is 31.4 Å². The number of hydrogen-bond donors (Lipinski definition) is 0. The van der Waals surface area contributed by atoms with Gasteiger partial charge in [0.15, 0.2) is 0 Å². The van der Waals surface area contributed by atoms with Crippen LogP contribution in [0.3, 0.4) is 0 Å². The monoisotopic (exact) mass is 249 g/mol. The maximum absolute atomic E-state index is 5.73. The molecule has 88 valence electrons. The highest BCUT2D eigenvalue weighted by Crippen LogP contribution is 2.14. The molecule has 0 bridgehead atoms. The van der Waals surface area contributed by atoms with Gasteiger partial charge in [0.1, 0.15) is 29.9 Å². The summed E-state index contributed by atoms with van der Waals surface area (Å²) in [5.74, 6) is 1.53. The third-order valence-corrected chi connectivity index (χ3v) is 2.27. The molecule has 1 aromatic heterocycles. The normalized spacial score (nSPS) is 9.94. The minimum absolute atomic E-state index is 0.423. The summed E-state index contributed by atoms with van der Waals surface area (Å²) >= 11 is 5.73. The number of nitrogens with zero attached hydrogens (tertiary/aromatic N) is 1. The molecule has 1 heterocycles. The first-order valence-electron chi connectivity index (χ1n) is 5.27. The van der Waals surface area contributed by atoms with Crippen molar-refractivity contribution in [3.63, 3.8) is 0 Å². The van der Waals surface area contributed by atoms with E-state index in [1.807, 2.05) is 30.3 Å². The second kappa shape index (κ2) is 6.11. The zero-order valence-electron chi connectivity index (χ0n) is 9.17. The molecular weight excluding hydrogens is 238 g/mol. The van der Waals surface area contributed by atoms with Crippen LogP contribution < -0.4 is 9.47 Å². The lowest BCUT2D eigenvalue weighted by Gasteiger charge is -2.08. The molecule has 4 heteroatoms. The van der Waals surface area contributed by atoms with E-state index >= 15 is 0 Å². The molecule has 0 N–H and O–H groups in total. The van der Waals surface area contributed by atoms with E-state index in [1.165, 1.54) is 0 Å². The first-order valence-corrected chi connectivity index (χ1v) is 5.64. The van der Waals surface area contributed by atoms with Crippen LogP contribution in [-0.2, 0) is 0 Å². The maximum atomic E-state index is 5.73. The summed E-state index contributed by atoms with van der Waals surface area (Å²) < 4.78 is 10.9. The van der Waals surface area contributed by atoms with Crippen molar-refractivity contribution in [1.82, 2.24) is 4.98 Å². The Morgan fingerprint density at radius 2 is 1.65 bits per heavy atom. The molecule has 0 spiro atoms. The molecule has 17 heavy (non-hydrogen) atoms. The second-order valence-electron chi connectivity index (χ2n) is 3.32. The van der Waals surface area contributed by atoms with Crippen LogP contribution in [0, 0.1) is 0 Å². The lowest BCUT2D eigenvalue weighted by atomic mass is 10.3. The number of pyridine rings is 1. The number of halogens is 1. The molecule has 0 unspecified atom stereocenters. The summed E-state index contributed by atoms with van der Waals surface area (Å²) in [6.45, 7) is 0.958. The molecule has 0 fully saturated rings. The fourth-order valence-electron chi connectivity index (χ4n) is 1.31. The average Bonchev–Trinajstić information content (AvgIpc) is 2.36. The van der Waals surface area contributed by atoms with Gasteiger partial charge in [0.25, 0.3) is 0 Å². The van der Waals surface area contributed by atoms with Crippen molar-refractivity contribution in [2.45, 2.75) is 0 Å². The lowest BCUT2D eigenvalue weighted by molar-refractivity contribution is 0.217. The molecule has 0 aliphatic heterocycles. The van der Waals surface area contributed by atoms with E-state index in [9.17, 15) is 0 Å². The van der Waals surface area contributed by atoms with Gasteiger partial charge in [-0.25, -0.2) is 4.98 Å². The van der Waals surface area contributed by atoms with Gasteiger partial charge in [0, 0.05) is 12.3 Å². The van der Waals surface area contributed by atoms with E-state index in [1.54, 1.807) is 18.3 Å². The Balaban J connectivity index is 1.73. The number of para-hydroxylation sites is 1. The Hall–Kier alpha value is -1.74. The number of rotatable bonds is 5. The number of hydrogen-bond acceptors (Lipinski definition) is 3. The van der Waals surface area contributed by atoms with Crippen LogP contribution in [-0.4, -0.2) is 18.2 Å². The van der Waals surface area contributed by atoms with Crippen molar-refractivity contribution >= 4 is 11.6 Å². The highest BCUT2D eigenvalue weighted by Gasteiger charge is 1.96. The Bertz CT molecular complexity index is 462. The van der Waals surface area contributed by atoms with Gasteiger partial charge in [-0.3, -0.25) is 0 Å². The summed E-state index contributed by atoms with van der Waals surface area (Å²) in [6, 6.07) is 13.0. The Morgan fingerprint density at radius 3 is 2.35 bits per heavy atom. The van der Waals surface area contributed by atoms with Gasteiger partial charge < -0.3 is 9.47 Å². The van der Waals surface area contributed by atoms with Gasteiger partial charge in [0.05, 0.1) is 0 Å². The molecule has 2 aromatic rings. The van der Waals surface area contributed by atoms with E-state index in [0.717, 1.165) is 5.75 Å². The second-order valence-corrected chi connectivity index (χ2v) is 3.71. The number of benzene rings is 1. The fourth-order valence-corrected chi connectivity index (χ4v) is 1.47. The number of aromatic nitrogens is 1. The van der Waals surface area contributed by atoms with Crippen molar-refractivity contribution in [2.24, 2.45) is 0 Å².